The average molecular weight is 336 g/mol. The van der Waals surface area contributed by atoms with Crippen molar-refractivity contribution in [3.63, 3.8) is 0 Å². The first kappa shape index (κ1) is 16.4. The number of halogens is 2. The molecule has 0 atom stereocenters. The molecule has 5 heteroatoms. The summed E-state index contributed by atoms with van der Waals surface area (Å²) in [6.07, 6.45) is 3.02. The van der Waals surface area contributed by atoms with E-state index in [9.17, 15) is 4.79 Å². The van der Waals surface area contributed by atoms with Gasteiger partial charge in [-0.2, -0.15) is 0 Å². The molecule has 0 saturated heterocycles. The van der Waals surface area contributed by atoms with Gasteiger partial charge >= 0.3 is 0 Å². The molecule has 0 aliphatic heterocycles. The van der Waals surface area contributed by atoms with Crippen molar-refractivity contribution in [3.8, 4) is 5.75 Å². The fourth-order valence-electron chi connectivity index (χ4n) is 1.80. The van der Waals surface area contributed by atoms with Gasteiger partial charge < -0.3 is 10.1 Å². The van der Waals surface area contributed by atoms with E-state index in [1.54, 1.807) is 24.4 Å². The number of carbonyl (C=O) groups is 1. The van der Waals surface area contributed by atoms with Crippen LogP contribution >= 0.6 is 23.2 Å². The number of ketones is 1. The molecule has 0 fully saturated rings. The molecule has 2 aromatic carbocycles. The van der Waals surface area contributed by atoms with Crippen LogP contribution in [-0.4, -0.2) is 12.4 Å². The number of anilines is 1. The third kappa shape index (κ3) is 4.52. The monoisotopic (exact) mass is 335 g/mol. The van der Waals surface area contributed by atoms with Crippen molar-refractivity contribution < 1.29 is 9.53 Å². The van der Waals surface area contributed by atoms with Crippen LogP contribution in [0.4, 0.5) is 5.69 Å². The van der Waals surface area contributed by atoms with E-state index in [1.165, 1.54) is 6.08 Å². The van der Waals surface area contributed by atoms with Gasteiger partial charge in [-0.3, -0.25) is 4.79 Å². The van der Waals surface area contributed by atoms with Gasteiger partial charge in [0.2, 0.25) is 0 Å². The number of hydrogen-bond acceptors (Lipinski definition) is 3. The molecule has 0 spiro atoms. The van der Waals surface area contributed by atoms with E-state index in [1.807, 2.05) is 31.2 Å². The van der Waals surface area contributed by atoms with E-state index in [0.717, 1.165) is 11.4 Å². The Morgan fingerprint density at radius 3 is 2.73 bits per heavy atom. The maximum absolute atomic E-state index is 12.0. The van der Waals surface area contributed by atoms with E-state index < -0.39 is 0 Å². The van der Waals surface area contributed by atoms with Gasteiger partial charge in [-0.05, 0) is 37.3 Å². The molecule has 3 nitrogen and oxygen atoms in total. The van der Waals surface area contributed by atoms with Gasteiger partial charge in [-0.25, -0.2) is 0 Å². The second-order valence-electron chi connectivity index (χ2n) is 4.43. The Morgan fingerprint density at radius 2 is 2.00 bits per heavy atom. The van der Waals surface area contributed by atoms with Crippen molar-refractivity contribution in [2.45, 2.75) is 6.92 Å². The lowest BCUT2D eigenvalue weighted by atomic mass is 10.1. The van der Waals surface area contributed by atoms with Crippen molar-refractivity contribution in [2.24, 2.45) is 0 Å². The predicted octanol–water partition coefficient (Wildman–Crippen LogP) is 5.20. The van der Waals surface area contributed by atoms with Gasteiger partial charge in [0.15, 0.2) is 5.78 Å². The summed E-state index contributed by atoms with van der Waals surface area (Å²) in [5.41, 5.74) is 1.32. The second kappa shape index (κ2) is 7.87. The molecule has 114 valence electrons. The van der Waals surface area contributed by atoms with E-state index in [-0.39, 0.29) is 5.78 Å². The van der Waals surface area contributed by atoms with Crippen LogP contribution in [0, 0.1) is 0 Å². The molecule has 0 radical (unpaired) electrons. The van der Waals surface area contributed by atoms with Crippen molar-refractivity contribution in [2.75, 3.05) is 11.9 Å². The van der Waals surface area contributed by atoms with Crippen LogP contribution in [-0.2, 0) is 0 Å². The predicted molar refractivity (Wildman–Crippen MR) is 91.2 cm³/mol. The summed E-state index contributed by atoms with van der Waals surface area (Å²) in [6.45, 7) is 2.53. The summed E-state index contributed by atoms with van der Waals surface area (Å²) >= 11 is 11.7. The zero-order valence-corrected chi connectivity index (χ0v) is 13.5. The van der Waals surface area contributed by atoms with Crippen LogP contribution in [0.15, 0.2) is 54.7 Å². The minimum atomic E-state index is -0.160. The number of rotatable bonds is 6. The minimum absolute atomic E-state index is 0.160. The molecule has 0 aliphatic rings. The lowest BCUT2D eigenvalue weighted by Gasteiger charge is -2.05. The lowest BCUT2D eigenvalue weighted by molar-refractivity contribution is 0.104. The van der Waals surface area contributed by atoms with Gasteiger partial charge in [-0.1, -0.05) is 29.3 Å². The van der Waals surface area contributed by atoms with Crippen LogP contribution in [0.25, 0.3) is 0 Å². The fourth-order valence-corrected chi connectivity index (χ4v) is 2.10. The Labute approximate surface area is 139 Å². The molecule has 2 rings (SSSR count). The van der Waals surface area contributed by atoms with E-state index in [4.69, 9.17) is 27.9 Å². The molecule has 1 N–H and O–H groups in total. The van der Waals surface area contributed by atoms with Crippen LogP contribution in [0.2, 0.25) is 10.0 Å². The number of benzene rings is 2. The van der Waals surface area contributed by atoms with Gasteiger partial charge in [0.1, 0.15) is 5.75 Å². The van der Waals surface area contributed by atoms with E-state index in [2.05, 4.69) is 5.32 Å². The molecule has 0 unspecified atom stereocenters. The van der Waals surface area contributed by atoms with Gasteiger partial charge in [0.25, 0.3) is 0 Å². The highest BCUT2D eigenvalue weighted by Gasteiger charge is 2.05. The maximum Gasteiger partial charge on any atom is 0.187 e. The van der Waals surface area contributed by atoms with Crippen molar-refractivity contribution in [1.82, 2.24) is 0 Å². The summed E-state index contributed by atoms with van der Waals surface area (Å²) in [7, 11) is 0. The van der Waals surface area contributed by atoms with Crippen LogP contribution in [0.5, 0.6) is 5.75 Å². The second-order valence-corrected chi connectivity index (χ2v) is 5.25. The zero-order chi connectivity index (χ0) is 15.9. The first-order valence-corrected chi connectivity index (χ1v) is 7.51. The highest BCUT2D eigenvalue weighted by atomic mass is 35.5. The summed E-state index contributed by atoms with van der Waals surface area (Å²) < 4.78 is 5.41. The Bertz CT molecular complexity index is 699. The zero-order valence-electron chi connectivity index (χ0n) is 12.0. The van der Waals surface area contributed by atoms with Crippen molar-refractivity contribution in [3.05, 3.63) is 70.3 Å². The number of nitrogens with one attached hydrogen (secondary N) is 1. The third-order valence-corrected chi connectivity index (χ3v) is 3.57. The number of allylic oxidation sites excluding steroid dienone is 1. The normalized spacial score (nSPS) is 10.7. The van der Waals surface area contributed by atoms with Crippen LogP contribution in [0.1, 0.15) is 17.3 Å². The largest absolute Gasteiger partial charge is 0.494 e. The highest BCUT2D eigenvalue weighted by molar-refractivity contribution is 6.42. The Balaban J connectivity index is 2.01. The smallest absolute Gasteiger partial charge is 0.187 e. The van der Waals surface area contributed by atoms with Gasteiger partial charge in [0.05, 0.1) is 16.7 Å². The summed E-state index contributed by atoms with van der Waals surface area (Å²) in [5, 5.41) is 3.81. The molecule has 0 heterocycles. The summed E-state index contributed by atoms with van der Waals surface area (Å²) in [5.74, 6) is 0.615. The Morgan fingerprint density at radius 1 is 1.18 bits per heavy atom. The Kier molecular flexibility index (Phi) is 5.87. The van der Waals surface area contributed by atoms with Gasteiger partial charge in [0, 0.05) is 29.6 Å². The van der Waals surface area contributed by atoms with E-state index in [0.29, 0.717) is 22.2 Å². The molecule has 0 aromatic heterocycles. The topological polar surface area (TPSA) is 38.3 Å². The molecule has 0 amide bonds. The van der Waals surface area contributed by atoms with E-state index >= 15 is 0 Å². The first-order valence-electron chi connectivity index (χ1n) is 6.75. The lowest BCUT2D eigenvalue weighted by Crippen LogP contribution is -1.97. The molecule has 2 aromatic rings. The number of ether oxygens (including phenoxy) is 1. The molecular formula is C17H15Cl2NO2. The molecule has 0 bridgehead atoms. The SMILES string of the molecule is CCOc1cccc(NC=CC(=O)c2ccc(Cl)c(Cl)c2)c1. The Hall–Kier alpha value is -1.97. The molecule has 0 aliphatic carbocycles. The minimum Gasteiger partial charge on any atom is -0.494 e. The highest BCUT2D eigenvalue weighted by Crippen LogP contribution is 2.23. The fraction of sp³-hybridized carbons (Fsp3) is 0.118. The van der Waals surface area contributed by atoms with Gasteiger partial charge in [-0.15, -0.1) is 0 Å². The quantitative estimate of drug-likeness (QED) is 0.582. The number of carbonyl (C=O) groups excluding carboxylic acids is 1. The summed E-state index contributed by atoms with van der Waals surface area (Å²) in [4.78, 5) is 12.0. The maximum atomic E-state index is 12.0. The van der Waals surface area contributed by atoms with Crippen molar-refractivity contribution in [1.29, 1.82) is 0 Å². The number of hydrogen-bond donors (Lipinski definition) is 1. The molecule has 0 saturated carbocycles. The molecule has 22 heavy (non-hydrogen) atoms. The van der Waals surface area contributed by atoms with Crippen LogP contribution in [0.3, 0.4) is 0 Å². The standard InChI is InChI=1S/C17H15Cl2NO2/c1-2-22-14-5-3-4-13(11-14)20-9-8-17(21)12-6-7-15(18)16(19)10-12/h3-11,20H,2H2,1H3. The van der Waals surface area contributed by atoms with Crippen LogP contribution < -0.4 is 10.1 Å². The van der Waals surface area contributed by atoms with Crippen molar-refractivity contribution >= 4 is 34.7 Å². The first-order chi connectivity index (χ1) is 10.6. The molecular weight excluding hydrogens is 321 g/mol. The average Bonchev–Trinajstić information content (AvgIpc) is 2.50. The third-order valence-electron chi connectivity index (χ3n) is 2.83. The summed E-state index contributed by atoms with van der Waals surface area (Å²) in [6, 6.07) is 12.3.